The van der Waals surface area contributed by atoms with E-state index in [1.165, 1.54) is 5.56 Å². The van der Waals surface area contributed by atoms with E-state index in [-0.39, 0.29) is 6.10 Å². The minimum Gasteiger partial charge on any atom is -0.475 e. The molecule has 1 aromatic heterocycles. The molecule has 0 saturated carbocycles. The number of hydrogen-bond donors (Lipinski definition) is 1. The van der Waals surface area contributed by atoms with Crippen molar-refractivity contribution >= 4 is 0 Å². The zero-order valence-corrected chi connectivity index (χ0v) is 10.0. The van der Waals surface area contributed by atoms with Crippen LogP contribution < -0.4 is 10.1 Å². The predicted octanol–water partition coefficient (Wildman–Crippen LogP) is 2.29. The molecular formula is C12H20N2O. The summed E-state index contributed by atoms with van der Waals surface area (Å²) in [5.41, 5.74) is 2.25. The van der Waals surface area contributed by atoms with Gasteiger partial charge in [-0.05, 0) is 32.9 Å². The van der Waals surface area contributed by atoms with E-state index in [2.05, 4.69) is 30.2 Å². The van der Waals surface area contributed by atoms with Crippen molar-refractivity contribution in [1.82, 2.24) is 10.3 Å². The molecule has 1 heterocycles. The van der Waals surface area contributed by atoms with Gasteiger partial charge in [0.25, 0.3) is 0 Å². The van der Waals surface area contributed by atoms with Crippen LogP contribution in [0.3, 0.4) is 0 Å². The molecular weight excluding hydrogens is 188 g/mol. The van der Waals surface area contributed by atoms with E-state index in [0.29, 0.717) is 0 Å². The molecule has 84 valence electrons. The summed E-state index contributed by atoms with van der Waals surface area (Å²) < 4.78 is 5.65. The molecule has 1 unspecified atom stereocenters. The highest BCUT2D eigenvalue weighted by Crippen LogP contribution is 2.14. The lowest BCUT2D eigenvalue weighted by molar-refractivity contribution is 0.208. The molecule has 15 heavy (non-hydrogen) atoms. The zero-order chi connectivity index (χ0) is 11.3. The van der Waals surface area contributed by atoms with Gasteiger partial charge >= 0.3 is 0 Å². The fourth-order valence-electron chi connectivity index (χ4n) is 1.30. The van der Waals surface area contributed by atoms with E-state index in [1.807, 2.05) is 20.0 Å². The number of nitrogens with one attached hydrogen (secondary N) is 1. The number of aromatic nitrogens is 1. The van der Waals surface area contributed by atoms with Crippen molar-refractivity contribution in [3.63, 3.8) is 0 Å². The summed E-state index contributed by atoms with van der Waals surface area (Å²) in [5, 5.41) is 3.12. The Morgan fingerprint density at radius 1 is 1.47 bits per heavy atom. The molecule has 0 aliphatic heterocycles. The molecule has 1 rings (SSSR count). The number of hydrogen-bond acceptors (Lipinski definition) is 3. The summed E-state index contributed by atoms with van der Waals surface area (Å²) in [5.74, 6) is 0.724. The molecule has 0 aliphatic rings. The van der Waals surface area contributed by atoms with Crippen LogP contribution in [0, 0.1) is 6.92 Å². The van der Waals surface area contributed by atoms with E-state index < -0.39 is 0 Å². The van der Waals surface area contributed by atoms with Crippen molar-refractivity contribution in [3.8, 4) is 5.88 Å². The van der Waals surface area contributed by atoms with Gasteiger partial charge in [-0.1, -0.05) is 13.0 Å². The Kier molecular flexibility index (Phi) is 4.56. The summed E-state index contributed by atoms with van der Waals surface area (Å²) in [7, 11) is 1.93. The van der Waals surface area contributed by atoms with Crippen molar-refractivity contribution in [1.29, 1.82) is 0 Å². The Hall–Kier alpha value is -1.09. The second-order valence-electron chi connectivity index (χ2n) is 3.76. The Labute approximate surface area is 91.9 Å². The first kappa shape index (κ1) is 12.0. The van der Waals surface area contributed by atoms with E-state index in [1.54, 1.807) is 0 Å². The van der Waals surface area contributed by atoms with Gasteiger partial charge in [-0.2, -0.15) is 0 Å². The fraction of sp³-hybridized carbons (Fsp3) is 0.583. The average Bonchev–Trinajstić information content (AvgIpc) is 2.22. The predicted molar refractivity (Wildman–Crippen MR) is 62.1 cm³/mol. The van der Waals surface area contributed by atoms with Crippen molar-refractivity contribution in [3.05, 3.63) is 23.4 Å². The van der Waals surface area contributed by atoms with Gasteiger partial charge in [0.1, 0.15) is 0 Å². The highest BCUT2D eigenvalue weighted by molar-refractivity contribution is 5.24. The van der Waals surface area contributed by atoms with Gasteiger partial charge in [-0.3, -0.25) is 0 Å². The van der Waals surface area contributed by atoms with Gasteiger partial charge in [0.15, 0.2) is 0 Å². The van der Waals surface area contributed by atoms with Gasteiger partial charge < -0.3 is 10.1 Å². The first-order valence-corrected chi connectivity index (χ1v) is 5.45. The summed E-state index contributed by atoms with van der Waals surface area (Å²) in [6, 6.07) is 4.00. The van der Waals surface area contributed by atoms with Crippen LogP contribution in [0.15, 0.2) is 12.1 Å². The smallest absolute Gasteiger partial charge is 0.213 e. The monoisotopic (exact) mass is 208 g/mol. The van der Waals surface area contributed by atoms with Crippen LogP contribution in [0.1, 0.15) is 31.5 Å². The molecule has 0 aromatic carbocycles. The van der Waals surface area contributed by atoms with Gasteiger partial charge in [0, 0.05) is 18.3 Å². The van der Waals surface area contributed by atoms with E-state index >= 15 is 0 Å². The minimum atomic E-state index is 0.229. The normalized spacial score (nSPS) is 12.5. The molecule has 3 nitrogen and oxygen atoms in total. The molecule has 0 fully saturated rings. The molecule has 1 aromatic rings. The second kappa shape index (κ2) is 5.71. The van der Waals surface area contributed by atoms with Crippen LogP contribution in [-0.4, -0.2) is 18.1 Å². The number of ether oxygens (including phenoxy) is 1. The largest absolute Gasteiger partial charge is 0.475 e. The quantitative estimate of drug-likeness (QED) is 0.806. The number of nitrogens with zero attached hydrogens (tertiary/aromatic N) is 1. The van der Waals surface area contributed by atoms with E-state index in [4.69, 9.17) is 4.74 Å². The van der Waals surface area contributed by atoms with Crippen LogP contribution in [-0.2, 0) is 6.54 Å². The van der Waals surface area contributed by atoms with E-state index in [0.717, 1.165) is 24.5 Å². The van der Waals surface area contributed by atoms with E-state index in [9.17, 15) is 0 Å². The molecule has 0 radical (unpaired) electrons. The van der Waals surface area contributed by atoms with Crippen LogP contribution in [0.5, 0.6) is 5.88 Å². The Morgan fingerprint density at radius 2 is 2.20 bits per heavy atom. The molecule has 1 atom stereocenters. The molecule has 0 amide bonds. The first-order valence-electron chi connectivity index (χ1n) is 5.45. The third-order valence-corrected chi connectivity index (χ3v) is 2.43. The van der Waals surface area contributed by atoms with Crippen LogP contribution >= 0.6 is 0 Å². The molecule has 3 heteroatoms. The second-order valence-corrected chi connectivity index (χ2v) is 3.76. The van der Waals surface area contributed by atoms with Crippen molar-refractivity contribution < 1.29 is 4.74 Å². The van der Waals surface area contributed by atoms with Crippen LogP contribution in [0.25, 0.3) is 0 Å². The number of aryl methyl sites for hydroxylation is 1. The van der Waals surface area contributed by atoms with Gasteiger partial charge in [0.2, 0.25) is 5.88 Å². The Balaban J connectivity index is 2.73. The summed E-state index contributed by atoms with van der Waals surface area (Å²) >= 11 is 0. The fourth-order valence-corrected chi connectivity index (χ4v) is 1.30. The van der Waals surface area contributed by atoms with Crippen molar-refractivity contribution in [2.75, 3.05) is 7.05 Å². The zero-order valence-electron chi connectivity index (χ0n) is 10.0. The van der Waals surface area contributed by atoms with Crippen molar-refractivity contribution in [2.24, 2.45) is 0 Å². The van der Waals surface area contributed by atoms with Crippen molar-refractivity contribution in [2.45, 2.75) is 39.8 Å². The van der Waals surface area contributed by atoms with Crippen LogP contribution in [0.4, 0.5) is 0 Å². The lowest BCUT2D eigenvalue weighted by Crippen LogP contribution is -2.12. The van der Waals surface area contributed by atoms with Gasteiger partial charge in [0.05, 0.1) is 6.10 Å². The molecule has 0 saturated heterocycles. The highest BCUT2D eigenvalue weighted by atomic mass is 16.5. The van der Waals surface area contributed by atoms with Gasteiger partial charge in [-0.25, -0.2) is 4.98 Å². The maximum Gasteiger partial charge on any atom is 0.213 e. The summed E-state index contributed by atoms with van der Waals surface area (Å²) in [6.45, 7) is 7.02. The maximum absolute atomic E-state index is 5.65. The molecule has 0 aliphatic carbocycles. The highest BCUT2D eigenvalue weighted by Gasteiger charge is 2.04. The Morgan fingerprint density at radius 3 is 2.73 bits per heavy atom. The number of rotatable bonds is 5. The summed E-state index contributed by atoms with van der Waals surface area (Å²) in [6.07, 6.45) is 1.23. The standard InChI is InChI=1S/C12H20N2O/c1-5-9(2)15-12-7-6-11(8-13-4)10(3)14-12/h6-7,9,13H,5,8H2,1-4H3. The molecule has 0 bridgehead atoms. The van der Waals surface area contributed by atoms with Gasteiger partial charge in [-0.15, -0.1) is 0 Å². The number of pyridine rings is 1. The minimum absolute atomic E-state index is 0.229. The van der Waals surface area contributed by atoms with Crippen LogP contribution in [0.2, 0.25) is 0 Å². The maximum atomic E-state index is 5.65. The average molecular weight is 208 g/mol. The Bertz CT molecular complexity index is 312. The molecule has 1 N–H and O–H groups in total. The SMILES string of the molecule is CCC(C)Oc1ccc(CNC)c(C)n1. The third kappa shape index (κ3) is 3.51. The first-order chi connectivity index (χ1) is 7.17. The lowest BCUT2D eigenvalue weighted by atomic mass is 10.2. The summed E-state index contributed by atoms with van der Waals surface area (Å²) in [4.78, 5) is 4.42. The lowest BCUT2D eigenvalue weighted by Gasteiger charge is -2.13. The topological polar surface area (TPSA) is 34.1 Å². The third-order valence-electron chi connectivity index (χ3n) is 2.43. The molecule has 0 spiro atoms.